The fraction of sp³-hybridized carbons (Fsp3) is 0.538. The largest absolute Gasteiger partial charge is 0.383 e. The molecular formula is C13H20N2S. The number of hydrogen-bond acceptors (Lipinski definition) is 3. The summed E-state index contributed by atoms with van der Waals surface area (Å²) in [6, 6.07) is 6.77. The van der Waals surface area contributed by atoms with Gasteiger partial charge in [0.25, 0.3) is 0 Å². The van der Waals surface area contributed by atoms with E-state index in [9.17, 15) is 0 Å². The van der Waals surface area contributed by atoms with Crippen LogP contribution in [0.2, 0.25) is 0 Å². The van der Waals surface area contributed by atoms with Gasteiger partial charge in [-0.15, -0.1) is 11.8 Å². The average molecular weight is 236 g/mol. The monoisotopic (exact) mass is 236 g/mol. The molecule has 0 atom stereocenters. The van der Waals surface area contributed by atoms with Crippen LogP contribution in [0.5, 0.6) is 0 Å². The molecule has 0 saturated heterocycles. The number of likely N-dealkylation sites (N-methyl/N-ethyl adjacent to an activating group) is 1. The molecule has 0 radical (unpaired) electrons. The number of fused-ring (bicyclic) bond motifs is 1. The fourth-order valence-electron chi connectivity index (χ4n) is 1.89. The van der Waals surface area contributed by atoms with E-state index >= 15 is 0 Å². The molecule has 88 valence electrons. The zero-order valence-electron chi connectivity index (χ0n) is 10.3. The van der Waals surface area contributed by atoms with Crippen LogP contribution in [0, 0.1) is 0 Å². The highest BCUT2D eigenvalue weighted by atomic mass is 32.2. The minimum Gasteiger partial charge on any atom is -0.383 e. The molecule has 0 bridgehead atoms. The molecule has 0 saturated carbocycles. The Morgan fingerprint density at radius 2 is 2.25 bits per heavy atom. The van der Waals surface area contributed by atoms with Crippen molar-refractivity contribution in [3.8, 4) is 0 Å². The van der Waals surface area contributed by atoms with Crippen molar-refractivity contribution in [1.29, 1.82) is 0 Å². The number of benzene rings is 1. The van der Waals surface area contributed by atoms with Gasteiger partial charge in [0.1, 0.15) is 0 Å². The van der Waals surface area contributed by atoms with Crippen LogP contribution in [0.4, 0.5) is 5.69 Å². The van der Waals surface area contributed by atoms with Gasteiger partial charge in [0.2, 0.25) is 0 Å². The summed E-state index contributed by atoms with van der Waals surface area (Å²) in [7, 11) is 2.02. The molecule has 1 aromatic rings. The first-order valence-corrected chi connectivity index (χ1v) is 6.78. The molecule has 0 fully saturated rings. The number of anilines is 1. The molecule has 3 heteroatoms. The van der Waals surface area contributed by atoms with E-state index in [0.717, 1.165) is 13.0 Å². The van der Waals surface area contributed by atoms with Crippen LogP contribution in [0.15, 0.2) is 23.1 Å². The van der Waals surface area contributed by atoms with Crippen molar-refractivity contribution in [3.63, 3.8) is 0 Å². The number of thioether (sulfide) groups is 1. The summed E-state index contributed by atoms with van der Waals surface area (Å²) in [5.74, 6) is 1.17. The number of nitrogens with one attached hydrogen (secondary N) is 2. The summed E-state index contributed by atoms with van der Waals surface area (Å²) >= 11 is 1.95. The lowest BCUT2D eigenvalue weighted by molar-refractivity contribution is 0.422. The van der Waals surface area contributed by atoms with E-state index in [2.05, 4.69) is 42.7 Å². The summed E-state index contributed by atoms with van der Waals surface area (Å²) < 4.78 is 0. The second-order valence-corrected chi connectivity index (χ2v) is 6.05. The quantitative estimate of drug-likeness (QED) is 0.844. The van der Waals surface area contributed by atoms with Crippen molar-refractivity contribution in [2.75, 3.05) is 24.7 Å². The molecule has 2 nitrogen and oxygen atoms in total. The molecule has 0 unspecified atom stereocenters. The van der Waals surface area contributed by atoms with Gasteiger partial charge in [0.05, 0.1) is 0 Å². The van der Waals surface area contributed by atoms with E-state index < -0.39 is 0 Å². The predicted octanol–water partition coefficient (Wildman–Crippen LogP) is 2.74. The number of hydrogen-bond donors (Lipinski definition) is 2. The fourth-order valence-corrected chi connectivity index (χ4v) is 2.84. The smallest absolute Gasteiger partial charge is 0.0478 e. The molecule has 0 spiro atoms. The topological polar surface area (TPSA) is 24.1 Å². The van der Waals surface area contributed by atoms with E-state index in [0.29, 0.717) is 0 Å². The lowest BCUT2D eigenvalue weighted by Gasteiger charge is -2.25. The minimum atomic E-state index is 0.168. The first kappa shape index (κ1) is 11.8. The normalized spacial score (nSPS) is 15.4. The maximum Gasteiger partial charge on any atom is 0.0478 e. The summed E-state index contributed by atoms with van der Waals surface area (Å²) in [4.78, 5) is 1.40. The molecule has 0 aliphatic carbocycles. The third kappa shape index (κ3) is 2.71. The van der Waals surface area contributed by atoms with Crippen LogP contribution in [-0.2, 0) is 6.42 Å². The molecule has 2 N–H and O–H groups in total. The summed E-state index contributed by atoms with van der Waals surface area (Å²) in [6.07, 6.45) is 1.07. The van der Waals surface area contributed by atoms with Crippen molar-refractivity contribution in [2.45, 2.75) is 30.7 Å². The van der Waals surface area contributed by atoms with Crippen LogP contribution in [0.1, 0.15) is 19.4 Å². The zero-order valence-corrected chi connectivity index (χ0v) is 11.1. The number of rotatable bonds is 3. The van der Waals surface area contributed by atoms with Crippen molar-refractivity contribution < 1.29 is 0 Å². The Labute approximate surface area is 102 Å². The van der Waals surface area contributed by atoms with Gasteiger partial charge in [0, 0.05) is 28.4 Å². The molecule has 16 heavy (non-hydrogen) atoms. The minimum absolute atomic E-state index is 0.168. The van der Waals surface area contributed by atoms with Gasteiger partial charge in [-0.2, -0.15) is 0 Å². The highest BCUT2D eigenvalue weighted by Gasteiger charge is 2.17. The molecule has 0 amide bonds. The maximum atomic E-state index is 3.43. The van der Waals surface area contributed by atoms with Crippen LogP contribution in [0.3, 0.4) is 0 Å². The second kappa shape index (κ2) is 4.68. The van der Waals surface area contributed by atoms with E-state index in [4.69, 9.17) is 0 Å². The van der Waals surface area contributed by atoms with Gasteiger partial charge in [-0.25, -0.2) is 0 Å². The van der Waals surface area contributed by atoms with Gasteiger partial charge in [0.15, 0.2) is 0 Å². The molecule has 2 rings (SSSR count). The van der Waals surface area contributed by atoms with Crippen LogP contribution in [-0.4, -0.2) is 24.9 Å². The summed E-state index contributed by atoms with van der Waals surface area (Å²) in [5, 5.41) is 6.78. The van der Waals surface area contributed by atoms with Gasteiger partial charge >= 0.3 is 0 Å². The lowest BCUT2D eigenvalue weighted by atomic mass is 9.95. The van der Waals surface area contributed by atoms with E-state index in [1.54, 1.807) is 0 Å². The van der Waals surface area contributed by atoms with Crippen LogP contribution < -0.4 is 10.6 Å². The Balaban J connectivity index is 2.17. The van der Waals surface area contributed by atoms with Gasteiger partial charge in [-0.05, 0) is 45.0 Å². The molecule has 1 aliphatic rings. The standard InChI is InChI=1S/C13H20N2S/c1-13(2,14-3)9-10-4-5-11-12(8-10)16-7-6-15-11/h4-5,8,14-15H,6-7,9H2,1-3H3. The summed E-state index contributed by atoms with van der Waals surface area (Å²) in [5.41, 5.74) is 2.87. The average Bonchev–Trinajstić information content (AvgIpc) is 2.28. The van der Waals surface area contributed by atoms with Crippen molar-refractivity contribution in [2.24, 2.45) is 0 Å². The van der Waals surface area contributed by atoms with Crippen molar-refractivity contribution in [3.05, 3.63) is 23.8 Å². The van der Waals surface area contributed by atoms with E-state index in [-0.39, 0.29) is 5.54 Å². The lowest BCUT2D eigenvalue weighted by Crippen LogP contribution is -2.38. The molecular weight excluding hydrogens is 216 g/mol. The molecule has 0 aromatic heterocycles. The van der Waals surface area contributed by atoms with E-state index in [1.165, 1.54) is 21.9 Å². The van der Waals surface area contributed by atoms with Crippen molar-refractivity contribution in [1.82, 2.24) is 5.32 Å². The zero-order chi connectivity index (χ0) is 11.6. The van der Waals surface area contributed by atoms with Gasteiger partial charge < -0.3 is 10.6 Å². The van der Waals surface area contributed by atoms with Crippen LogP contribution in [0.25, 0.3) is 0 Å². The van der Waals surface area contributed by atoms with Gasteiger partial charge in [-0.1, -0.05) is 6.07 Å². The van der Waals surface area contributed by atoms with Crippen LogP contribution >= 0.6 is 11.8 Å². The first-order chi connectivity index (χ1) is 7.61. The Morgan fingerprint density at radius 1 is 1.44 bits per heavy atom. The predicted molar refractivity (Wildman–Crippen MR) is 72.5 cm³/mol. The molecule has 1 heterocycles. The third-order valence-corrected chi connectivity index (χ3v) is 4.10. The molecule has 1 aromatic carbocycles. The SMILES string of the molecule is CNC(C)(C)Cc1ccc2c(c1)SCCN2. The Kier molecular flexibility index (Phi) is 3.45. The Hall–Kier alpha value is -0.670. The Morgan fingerprint density at radius 3 is 3.00 bits per heavy atom. The highest BCUT2D eigenvalue weighted by Crippen LogP contribution is 2.32. The summed E-state index contributed by atoms with van der Waals surface area (Å²) in [6.45, 7) is 5.55. The van der Waals surface area contributed by atoms with Gasteiger partial charge in [-0.3, -0.25) is 0 Å². The van der Waals surface area contributed by atoms with E-state index in [1.807, 2.05) is 18.8 Å². The Bertz CT molecular complexity index is 374. The van der Waals surface area contributed by atoms with Crippen molar-refractivity contribution >= 4 is 17.4 Å². The maximum absolute atomic E-state index is 3.43. The third-order valence-electron chi connectivity index (χ3n) is 3.04. The highest BCUT2D eigenvalue weighted by molar-refractivity contribution is 7.99. The molecule has 1 aliphatic heterocycles. The second-order valence-electron chi connectivity index (χ2n) is 4.92. The first-order valence-electron chi connectivity index (χ1n) is 5.79.